The molecule has 0 aliphatic rings. The number of aromatic nitrogens is 2. The molecule has 0 N–H and O–H groups in total. The maximum atomic E-state index is 5.39. The lowest BCUT2D eigenvalue weighted by molar-refractivity contribution is 0.281. The van der Waals surface area contributed by atoms with Crippen LogP contribution >= 0.6 is 0 Å². The molecule has 1 aromatic heterocycles. The average Bonchev–Trinajstić information content (AvgIpc) is 2.29. The number of ether oxygens (including phenoxy) is 1. The normalized spacial score (nSPS) is 10.2. The van der Waals surface area contributed by atoms with Gasteiger partial charge in [-0.05, 0) is 12.5 Å². The molecule has 0 atom stereocenters. The molecule has 1 heterocycles. The molecule has 0 radical (unpaired) electrons. The van der Waals surface area contributed by atoms with Crippen LogP contribution in [-0.2, 0) is 0 Å². The van der Waals surface area contributed by atoms with Gasteiger partial charge in [0.05, 0.1) is 6.61 Å². The number of nitrogens with zero attached hydrogens (tertiary/aromatic N) is 2. The molecule has 1 rings (SSSR count). The first kappa shape index (κ1) is 12.0. The second-order valence-electron chi connectivity index (χ2n) is 3.65. The van der Waals surface area contributed by atoms with Gasteiger partial charge >= 0.3 is 6.01 Å². The van der Waals surface area contributed by atoms with Crippen LogP contribution in [-0.4, -0.2) is 16.6 Å². The Bertz CT molecular complexity index is 239. The zero-order valence-electron chi connectivity index (χ0n) is 9.48. The fourth-order valence-corrected chi connectivity index (χ4v) is 1.41. The highest BCUT2D eigenvalue weighted by Gasteiger charge is 1.94. The van der Waals surface area contributed by atoms with Gasteiger partial charge in [0.1, 0.15) is 0 Å². The quantitative estimate of drug-likeness (QED) is 0.615. The van der Waals surface area contributed by atoms with E-state index >= 15 is 0 Å². The van der Waals surface area contributed by atoms with E-state index in [1.807, 2.05) is 0 Å². The van der Waals surface area contributed by atoms with Crippen LogP contribution < -0.4 is 4.74 Å². The summed E-state index contributed by atoms with van der Waals surface area (Å²) in [7, 11) is 0. The Balaban J connectivity index is 1.93. The van der Waals surface area contributed by atoms with Crippen molar-refractivity contribution >= 4 is 0 Å². The van der Waals surface area contributed by atoms with Crippen molar-refractivity contribution < 1.29 is 4.74 Å². The maximum Gasteiger partial charge on any atom is 0.316 e. The zero-order valence-corrected chi connectivity index (χ0v) is 9.48. The van der Waals surface area contributed by atoms with Crippen molar-refractivity contribution in [2.24, 2.45) is 0 Å². The molecule has 0 unspecified atom stereocenters. The van der Waals surface area contributed by atoms with Crippen molar-refractivity contribution in [3.63, 3.8) is 0 Å². The minimum Gasteiger partial charge on any atom is -0.463 e. The summed E-state index contributed by atoms with van der Waals surface area (Å²) in [6.07, 6.45) is 11.0. The van der Waals surface area contributed by atoms with Gasteiger partial charge in [-0.3, -0.25) is 0 Å². The van der Waals surface area contributed by atoms with Crippen LogP contribution in [0, 0.1) is 0 Å². The van der Waals surface area contributed by atoms with Gasteiger partial charge in [-0.25, -0.2) is 9.97 Å². The van der Waals surface area contributed by atoms with Crippen LogP contribution in [0.2, 0.25) is 0 Å². The van der Waals surface area contributed by atoms with E-state index in [0.717, 1.165) is 13.0 Å². The lowest BCUT2D eigenvalue weighted by atomic mass is 10.1. The van der Waals surface area contributed by atoms with Gasteiger partial charge in [-0.15, -0.1) is 0 Å². The number of unbranched alkanes of at least 4 members (excludes halogenated alkanes) is 5. The van der Waals surface area contributed by atoms with Crippen LogP contribution in [0.1, 0.15) is 45.4 Å². The molecule has 0 saturated carbocycles. The summed E-state index contributed by atoms with van der Waals surface area (Å²) in [5.41, 5.74) is 0. The molecule has 0 aliphatic heterocycles. The maximum absolute atomic E-state index is 5.39. The third-order valence-corrected chi connectivity index (χ3v) is 2.27. The zero-order chi connectivity index (χ0) is 10.8. The van der Waals surface area contributed by atoms with E-state index in [1.54, 1.807) is 18.5 Å². The van der Waals surface area contributed by atoms with E-state index in [0.29, 0.717) is 6.01 Å². The van der Waals surface area contributed by atoms with Gasteiger partial charge < -0.3 is 4.74 Å². The van der Waals surface area contributed by atoms with Crippen molar-refractivity contribution in [2.75, 3.05) is 6.61 Å². The van der Waals surface area contributed by atoms with E-state index in [9.17, 15) is 0 Å². The number of rotatable bonds is 8. The fraction of sp³-hybridized carbons (Fsp3) is 0.667. The van der Waals surface area contributed by atoms with Crippen LogP contribution in [0.15, 0.2) is 18.5 Å². The Labute approximate surface area is 91.9 Å². The van der Waals surface area contributed by atoms with Crippen LogP contribution in [0.3, 0.4) is 0 Å². The molecule has 0 aliphatic carbocycles. The standard InChI is InChI=1S/C12H20N2O/c1-2-3-4-5-6-7-11-15-12-13-9-8-10-14-12/h8-10H,2-7,11H2,1H3. The first-order chi connectivity index (χ1) is 7.43. The van der Waals surface area contributed by atoms with Crippen molar-refractivity contribution in [3.8, 4) is 6.01 Å². The minimum atomic E-state index is 0.492. The summed E-state index contributed by atoms with van der Waals surface area (Å²) >= 11 is 0. The smallest absolute Gasteiger partial charge is 0.316 e. The number of hydrogen-bond donors (Lipinski definition) is 0. The summed E-state index contributed by atoms with van der Waals surface area (Å²) in [6, 6.07) is 2.28. The van der Waals surface area contributed by atoms with Gasteiger partial charge in [-0.1, -0.05) is 39.0 Å². The SMILES string of the molecule is CCCCCCCCOc1ncccn1. The van der Waals surface area contributed by atoms with E-state index in [4.69, 9.17) is 4.74 Å². The highest BCUT2D eigenvalue weighted by atomic mass is 16.5. The minimum absolute atomic E-state index is 0.492. The second kappa shape index (κ2) is 8.21. The van der Waals surface area contributed by atoms with Crippen molar-refractivity contribution in [1.82, 2.24) is 9.97 Å². The molecule has 0 spiro atoms. The topological polar surface area (TPSA) is 35.0 Å². The molecule has 0 fully saturated rings. The summed E-state index contributed by atoms with van der Waals surface area (Å²) < 4.78 is 5.39. The average molecular weight is 208 g/mol. The highest BCUT2D eigenvalue weighted by molar-refractivity contribution is 4.92. The molecule has 3 nitrogen and oxygen atoms in total. The Hall–Kier alpha value is -1.12. The lowest BCUT2D eigenvalue weighted by Crippen LogP contribution is -2.00. The fourth-order valence-electron chi connectivity index (χ4n) is 1.41. The predicted molar refractivity (Wildman–Crippen MR) is 60.9 cm³/mol. The molecule has 0 aromatic carbocycles. The molecule has 0 saturated heterocycles. The van der Waals surface area contributed by atoms with E-state index in [2.05, 4.69) is 16.9 Å². The van der Waals surface area contributed by atoms with Gasteiger partial charge in [0, 0.05) is 12.4 Å². The van der Waals surface area contributed by atoms with E-state index in [1.165, 1.54) is 32.1 Å². The third kappa shape index (κ3) is 6.05. The predicted octanol–water partition coefficient (Wildman–Crippen LogP) is 3.22. The molecule has 3 heteroatoms. The van der Waals surface area contributed by atoms with E-state index in [-0.39, 0.29) is 0 Å². The van der Waals surface area contributed by atoms with Gasteiger partial charge in [-0.2, -0.15) is 0 Å². The largest absolute Gasteiger partial charge is 0.463 e. The Morgan fingerprint density at radius 2 is 1.67 bits per heavy atom. The van der Waals surface area contributed by atoms with E-state index < -0.39 is 0 Å². The van der Waals surface area contributed by atoms with Gasteiger partial charge in [0.15, 0.2) is 0 Å². The lowest BCUT2D eigenvalue weighted by Gasteiger charge is -2.03. The molecular formula is C12H20N2O. The molecule has 1 aromatic rings. The van der Waals surface area contributed by atoms with Crippen LogP contribution in [0.5, 0.6) is 6.01 Å². The Morgan fingerprint density at radius 3 is 2.40 bits per heavy atom. The molecule has 0 amide bonds. The van der Waals surface area contributed by atoms with Gasteiger partial charge in [0.2, 0.25) is 0 Å². The highest BCUT2D eigenvalue weighted by Crippen LogP contribution is 2.05. The summed E-state index contributed by atoms with van der Waals surface area (Å²) in [5.74, 6) is 0. The molecule has 15 heavy (non-hydrogen) atoms. The Morgan fingerprint density at radius 1 is 1.00 bits per heavy atom. The first-order valence-electron chi connectivity index (χ1n) is 5.83. The van der Waals surface area contributed by atoms with Crippen LogP contribution in [0.4, 0.5) is 0 Å². The molecular weight excluding hydrogens is 188 g/mol. The summed E-state index contributed by atoms with van der Waals surface area (Å²) in [4.78, 5) is 7.99. The molecule has 0 bridgehead atoms. The van der Waals surface area contributed by atoms with Crippen molar-refractivity contribution in [1.29, 1.82) is 0 Å². The number of hydrogen-bond acceptors (Lipinski definition) is 3. The van der Waals surface area contributed by atoms with Crippen molar-refractivity contribution in [3.05, 3.63) is 18.5 Å². The molecule has 84 valence electrons. The summed E-state index contributed by atoms with van der Waals surface area (Å²) in [6.45, 7) is 2.96. The van der Waals surface area contributed by atoms with Crippen LogP contribution in [0.25, 0.3) is 0 Å². The summed E-state index contributed by atoms with van der Waals surface area (Å²) in [5, 5.41) is 0. The van der Waals surface area contributed by atoms with Gasteiger partial charge in [0.25, 0.3) is 0 Å². The third-order valence-electron chi connectivity index (χ3n) is 2.27. The Kier molecular flexibility index (Phi) is 6.54. The monoisotopic (exact) mass is 208 g/mol. The second-order valence-corrected chi connectivity index (χ2v) is 3.65. The first-order valence-corrected chi connectivity index (χ1v) is 5.83. The van der Waals surface area contributed by atoms with Crippen molar-refractivity contribution in [2.45, 2.75) is 45.4 Å².